The Balaban J connectivity index is 5.23. The molecule has 0 spiro atoms. The standard InChI is InChI=1S/C83H162O17P2/c1-8-10-11-12-13-14-15-16-17-18-19-20-21-22-23-24-25-30-36-45-52-59-66-82(87)99-78(70-93-80(85)64-57-50-43-35-31-26-28-33-40-47-54-61-74(3)4)72-97-101(89,90)95-68-77(84)69-96-102(91,92)98-73-79(71-94-81(86)65-58-51-44-39-38-42-49-56-63-76(7)9-2)100-83(88)67-60-53-46-37-32-27-29-34-41-48-55-62-75(5)6/h74-79,84H,8-73H2,1-7H3,(H,89,90)(H,91,92)/t76?,77-,78-,79-/m1/s1. The van der Waals surface area contributed by atoms with Gasteiger partial charge in [0.2, 0.25) is 0 Å². The van der Waals surface area contributed by atoms with Gasteiger partial charge in [0.25, 0.3) is 0 Å². The number of ether oxygens (including phenoxy) is 4. The first-order valence-electron chi connectivity index (χ1n) is 42.9. The lowest BCUT2D eigenvalue weighted by Crippen LogP contribution is -2.30. The van der Waals surface area contributed by atoms with Gasteiger partial charge in [-0.3, -0.25) is 37.3 Å². The van der Waals surface area contributed by atoms with Crippen molar-refractivity contribution >= 4 is 39.5 Å². The van der Waals surface area contributed by atoms with Gasteiger partial charge in [0.05, 0.1) is 26.4 Å². The summed E-state index contributed by atoms with van der Waals surface area (Å²) in [5.74, 6) is 0.203. The Morgan fingerprint density at radius 3 is 0.745 bits per heavy atom. The van der Waals surface area contributed by atoms with E-state index in [0.717, 1.165) is 108 Å². The van der Waals surface area contributed by atoms with Crippen molar-refractivity contribution in [2.24, 2.45) is 17.8 Å². The Bertz CT molecular complexity index is 1980. The number of hydrogen-bond acceptors (Lipinski definition) is 15. The third kappa shape index (κ3) is 74.9. The van der Waals surface area contributed by atoms with E-state index in [-0.39, 0.29) is 25.7 Å². The summed E-state index contributed by atoms with van der Waals surface area (Å²) in [5, 5.41) is 10.7. The zero-order valence-corrected chi connectivity index (χ0v) is 68.9. The lowest BCUT2D eigenvalue weighted by molar-refractivity contribution is -0.161. The number of rotatable bonds is 81. The Hall–Kier alpha value is -1.94. The predicted molar refractivity (Wildman–Crippen MR) is 418 cm³/mol. The summed E-state index contributed by atoms with van der Waals surface area (Å²) in [6.45, 7) is 12.0. The number of esters is 4. The highest BCUT2D eigenvalue weighted by molar-refractivity contribution is 7.47. The van der Waals surface area contributed by atoms with Crippen LogP contribution in [0.4, 0.5) is 0 Å². The first kappa shape index (κ1) is 100. The number of phosphoric acid groups is 2. The number of aliphatic hydroxyl groups excluding tert-OH is 1. The average Bonchev–Trinajstić information content (AvgIpc) is 0.932. The molecule has 606 valence electrons. The van der Waals surface area contributed by atoms with Gasteiger partial charge in [-0.2, -0.15) is 0 Å². The highest BCUT2D eigenvalue weighted by Gasteiger charge is 2.30. The summed E-state index contributed by atoms with van der Waals surface area (Å²) < 4.78 is 68.8. The van der Waals surface area contributed by atoms with Crippen molar-refractivity contribution < 1.29 is 80.2 Å². The van der Waals surface area contributed by atoms with Crippen molar-refractivity contribution in [3.05, 3.63) is 0 Å². The van der Waals surface area contributed by atoms with E-state index in [0.29, 0.717) is 25.7 Å². The number of phosphoric ester groups is 2. The fourth-order valence-corrected chi connectivity index (χ4v) is 14.4. The highest BCUT2D eigenvalue weighted by atomic mass is 31.2. The van der Waals surface area contributed by atoms with Gasteiger partial charge in [0, 0.05) is 25.7 Å². The summed E-state index contributed by atoms with van der Waals surface area (Å²) in [5.41, 5.74) is 0. The molecule has 3 unspecified atom stereocenters. The minimum absolute atomic E-state index is 0.106. The minimum Gasteiger partial charge on any atom is -0.462 e. The van der Waals surface area contributed by atoms with Crippen LogP contribution < -0.4 is 0 Å². The van der Waals surface area contributed by atoms with E-state index in [9.17, 15) is 43.2 Å². The molecule has 17 nitrogen and oxygen atoms in total. The van der Waals surface area contributed by atoms with Crippen LogP contribution in [0.25, 0.3) is 0 Å². The Kier molecular flexibility index (Phi) is 71.8. The van der Waals surface area contributed by atoms with E-state index >= 15 is 0 Å². The maximum absolute atomic E-state index is 13.1. The van der Waals surface area contributed by atoms with Gasteiger partial charge >= 0.3 is 39.5 Å². The molecule has 0 saturated carbocycles. The summed E-state index contributed by atoms with van der Waals surface area (Å²) >= 11 is 0. The number of unbranched alkanes of at least 4 members (excludes halogenated alkanes) is 48. The zero-order valence-electron chi connectivity index (χ0n) is 67.1. The van der Waals surface area contributed by atoms with Crippen LogP contribution in [0, 0.1) is 17.8 Å². The molecule has 0 bridgehead atoms. The van der Waals surface area contributed by atoms with Gasteiger partial charge in [-0.25, -0.2) is 9.13 Å². The van der Waals surface area contributed by atoms with Gasteiger partial charge in [0.15, 0.2) is 12.2 Å². The second-order valence-corrected chi connectivity index (χ2v) is 34.0. The smallest absolute Gasteiger partial charge is 0.462 e. The Morgan fingerprint density at radius 2 is 0.500 bits per heavy atom. The van der Waals surface area contributed by atoms with Crippen LogP contribution in [-0.4, -0.2) is 96.7 Å². The fraction of sp³-hybridized carbons (Fsp3) is 0.952. The number of carbonyl (C=O) groups is 4. The molecule has 0 amide bonds. The monoisotopic (exact) mass is 1490 g/mol. The van der Waals surface area contributed by atoms with E-state index in [1.165, 1.54) is 244 Å². The molecule has 0 heterocycles. The molecule has 0 rings (SSSR count). The van der Waals surface area contributed by atoms with Crippen molar-refractivity contribution in [1.82, 2.24) is 0 Å². The molecular formula is C83H162O17P2. The molecule has 19 heteroatoms. The molecule has 0 aliphatic heterocycles. The van der Waals surface area contributed by atoms with Gasteiger partial charge in [-0.1, -0.05) is 382 Å². The molecule has 0 aliphatic rings. The zero-order chi connectivity index (χ0) is 75.1. The molecule has 0 fully saturated rings. The number of aliphatic hydroxyl groups is 1. The van der Waals surface area contributed by atoms with E-state index < -0.39 is 97.5 Å². The van der Waals surface area contributed by atoms with Crippen LogP contribution in [0.5, 0.6) is 0 Å². The third-order valence-corrected chi connectivity index (χ3v) is 21.6. The normalized spacial score (nSPS) is 14.2. The van der Waals surface area contributed by atoms with Crippen molar-refractivity contribution in [1.29, 1.82) is 0 Å². The molecule has 102 heavy (non-hydrogen) atoms. The van der Waals surface area contributed by atoms with E-state index in [4.69, 9.17) is 37.0 Å². The van der Waals surface area contributed by atoms with Crippen LogP contribution in [0.15, 0.2) is 0 Å². The molecule has 0 aromatic rings. The van der Waals surface area contributed by atoms with Crippen molar-refractivity contribution in [2.75, 3.05) is 39.6 Å². The molecule has 0 radical (unpaired) electrons. The van der Waals surface area contributed by atoms with Gasteiger partial charge < -0.3 is 33.8 Å². The van der Waals surface area contributed by atoms with Crippen molar-refractivity contribution in [3.8, 4) is 0 Å². The predicted octanol–water partition coefficient (Wildman–Crippen LogP) is 24.9. The molecular weight excluding hydrogens is 1330 g/mol. The minimum atomic E-state index is -4.96. The molecule has 0 saturated heterocycles. The van der Waals surface area contributed by atoms with Gasteiger partial charge in [0.1, 0.15) is 19.3 Å². The van der Waals surface area contributed by atoms with E-state index in [1.54, 1.807) is 0 Å². The first-order valence-corrected chi connectivity index (χ1v) is 45.9. The number of hydrogen-bond donors (Lipinski definition) is 3. The van der Waals surface area contributed by atoms with Crippen molar-refractivity contribution in [2.45, 2.75) is 452 Å². The second kappa shape index (κ2) is 73.2. The summed E-state index contributed by atoms with van der Waals surface area (Å²) in [6, 6.07) is 0. The molecule has 0 aromatic heterocycles. The molecule has 3 N–H and O–H groups in total. The van der Waals surface area contributed by atoms with Gasteiger partial charge in [-0.05, 0) is 43.4 Å². The summed E-state index contributed by atoms with van der Waals surface area (Å²) in [4.78, 5) is 73.1. The number of carbonyl (C=O) groups excluding carboxylic acids is 4. The SMILES string of the molecule is CCCCCCCCCCCCCCCCCCCCCCCCC(=O)O[C@H](COC(=O)CCCCCCCCCCCCCC(C)C)COP(=O)(O)OC[C@@H](O)COP(=O)(O)OC[C@@H](COC(=O)CCCCCCCCCCC(C)CC)OC(=O)CCCCCCCCCCCCCC(C)C. The fourth-order valence-electron chi connectivity index (χ4n) is 12.8. The van der Waals surface area contributed by atoms with Crippen LogP contribution in [-0.2, 0) is 65.4 Å². The van der Waals surface area contributed by atoms with E-state index in [2.05, 4.69) is 48.5 Å². The highest BCUT2D eigenvalue weighted by Crippen LogP contribution is 2.45. The first-order chi connectivity index (χ1) is 49.3. The quantitative estimate of drug-likeness (QED) is 0.0222. The molecule has 0 aliphatic carbocycles. The summed E-state index contributed by atoms with van der Waals surface area (Å²) in [6.07, 6.45) is 62.5. The van der Waals surface area contributed by atoms with E-state index in [1.807, 2.05) is 0 Å². The average molecular weight is 1490 g/mol. The van der Waals surface area contributed by atoms with Crippen LogP contribution in [0.3, 0.4) is 0 Å². The summed E-state index contributed by atoms with van der Waals surface area (Å²) in [7, 11) is -9.92. The topological polar surface area (TPSA) is 237 Å². The maximum Gasteiger partial charge on any atom is 0.472 e. The lowest BCUT2D eigenvalue weighted by atomic mass is 9.99. The van der Waals surface area contributed by atoms with Crippen molar-refractivity contribution in [3.63, 3.8) is 0 Å². The Labute approximate surface area is 626 Å². The molecule has 0 aromatic carbocycles. The largest absolute Gasteiger partial charge is 0.472 e. The van der Waals surface area contributed by atoms with Gasteiger partial charge in [-0.15, -0.1) is 0 Å². The van der Waals surface area contributed by atoms with Crippen LogP contribution in [0.2, 0.25) is 0 Å². The van der Waals surface area contributed by atoms with Crippen LogP contribution >= 0.6 is 15.6 Å². The maximum atomic E-state index is 13.1. The second-order valence-electron chi connectivity index (χ2n) is 31.1. The Morgan fingerprint density at radius 1 is 0.284 bits per heavy atom. The third-order valence-electron chi connectivity index (χ3n) is 19.7. The van der Waals surface area contributed by atoms with Crippen LogP contribution in [0.1, 0.15) is 434 Å². The molecule has 6 atom stereocenters. The lowest BCUT2D eigenvalue weighted by Gasteiger charge is -2.21.